The molecule has 1 aromatic carbocycles. The first-order valence-corrected chi connectivity index (χ1v) is 8.41. The Bertz CT molecular complexity index is 409. The summed E-state index contributed by atoms with van der Waals surface area (Å²) in [6.07, 6.45) is 6.12. The average molecular weight is 289 g/mol. The largest absolute Gasteiger partial charge is 0.395 e. The lowest BCUT2D eigenvalue weighted by Gasteiger charge is -2.42. The van der Waals surface area contributed by atoms with Crippen molar-refractivity contribution in [3.8, 4) is 0 Å². The summed E-state index contributed by atoms with van der Waals surface area (Å²) in [5.74, 6) is 0.705. The van der Waals surface area contributed by atoms with E-state index in [4.69, 9.17) is 0 Å². The first-order valence-electron chi connectivity index (χ1n) is 8.41. The quantitative estimate of drug-likeness (QED) is 0.864. The summed E-state index contributed by atoms with van der Waals surface area (Å²) in [5.41, 5.74) is 1.64. The van der Waals surface area contributed by atoms with Crippen LogP contribution < -0.4 is 5.32 Å². The van der Waals surface area contributed by atoms with Gasteiger partial charge in [0.05, 0.1) is 6.61 Å². The number of rotatable bonds is 5. The molecule has 1 aliphatic carbocycles. The van der Waals surface area contributed by atoms with Gasteiger partial charge in [0.2, 0.25) is 0 Å². The van der Waals surface area contributed by atoms with E-state index in [9.17, 15) is 5.11 Å². The van der Waals surface area contributed by atoms with Crippen molar-refractivity contribution in [2.24, 2.45) is 11.3 Å². The fourth-order valence-electron chi connectivity index (χ4n) is 3.74. The molecule has 1 saturated carbocycles. The molecule has 2 nitrogen and oxygen atoms in total. The summed E-state index contributed by atoms with van der Waals surface area (Å²) in [4.78, 5) is 0. The number of aliphatic hydroxyl groups excluding tert-OH is 1. The van der Waals surface area contributed by atoms with Crippen LogP contribution in [0.15, 0.2) is 30.3 Å². The van der Waals surface area contributed by atoms with Crippen LogP contribution in [0.1, 0.15) is 52.0 Å². The molecule has 0 bridgehead atoms. The molecular weight excluding hydrogens is 258 g/mol. The fraction of sp³-hybridized carbons (Fsp3) is 0.684. The van der Waals surface area contributed by atoms with E-state index >= 15 is 0 Å². The maximum Gasteiger partial charge on any atom is 0.0587 e. The summed E-state index contributed by atoms with van der Waals surface area (Å²) in [5, 5.41) is 13.5. The molecule has 0 radical (unpaired) electrons. The molecule has 0 aliphatic heterocycles. The van der Waals surface area contributed by atoms with Crippen molar-refractivity contribution in [2.45, 2.75) is 65.0 Å². The Kier molecular flexibility index (Phi) is 5.83. The molecule has 0 amide bonds. The van der Waals surface area contributed by atoms with Crippen molar-refractivity contribution in [2.75, 3.05) is 6.61 Å². The SMILES string of the molecule is CC(C)(C)C1CCCCC1NC(CO)Cc1ccccc1. The second kappa shape index (κ2) is 7.42. The Morgan fingerprint density at radius 3 is 2.43 bits per heavy atom. The maximum absolute atomic E-state index is 9.74. The molecule has 118 valence electrons. The highest BCUT2D eigenvalue weighted by molar-refractivity contribution is 5.16. The van der Waals surface area contributed by atoms with Gasteiger partial charge in [-0.15, -0.1) is 0 Å². The van der Waals surface area contributed by atoms with Crippen molar-refractivity contribution in [1.82, 2.24) is 5.32 Å². The smallest absolute Gasteiger partial charge is 0.0587 e. The van der Waals surface area contributed by atoms with Gasteiger partial charge in [-0.05, 0) is 36.2 Å². The van der Waals surface area contributed by atoms with Crippen molar-refractivity contribution < 1.29 is 5.11 Å². The van der Waals surface area contributed by atoms with E-state index < -0.39 is 0 Å². The number of benzene rings is 1. The summed E-state index contributed by atoms with van der Waals surface area (Å²) in [6.45, 7) is 7.26. The van der Waals surface area contributed by atoms with E-state index in [1.165, 1.54) is 31.2 Å². The minimum Gasteiger partial charge on any atom is -0.395 e. The van der Waals surface area contributed by atoms with Gasteiger partial charge in [-0.2, -0.15) is 0 Å². The normalized spacial score (nSPS) is 24.8. The monoisotopic (exact) mass is 289 g/mol. The molecule has 2 N–H and O–H groups in total. The molecular formula is C19H31NO. The zero-order valence-corrected chi connectivity index (χ0v) is 13.8. The second-order valence-corrected chi connectivity index (χ2v) is 7.60. The van der Waals surface area contributed by atoms with Crippen molar-refractivity contribution >= 4 is 0 Å². The van der Waals surface area contributed by atoms with Crippen molar-refractivity contribution in [3.63, 3.8) is 0 Å². The molecule has 2 rings (SSSR count). The van der Waals surface area contributed by atoms with Gasteiger partial charge in [-0.25, -0.2) is 0 Å². The molecule has 0 heterocycles. The Hall–Kier alpha value is -0.860. The van der Waals surface area contributed by atoms with Crippen LogP contribution in [0.25, 0.3) is 0 Å². The van der Waals surface area contributed by atoms with E-state index in [1.807, 2.05) is 6.07 Å². The summed E-state index contributed by atoms with van der Waals surface area (Å²) < 4.78 is 0. The van der Waals surface area contributed by atoms with E-state index in [1.54, 1.807) is 0 Å². The topological polar surface area (TPSA) is 32.3 Å². The Labute approximate surface area is 130 Å². The third-order valence-corrected chi connectivity index (χ3v) is 4.87. The van der Waals surface area contributed by atoms with Gasteiger partial charge in [0.1, 0.15) is 0 Å². The lowest BCUT2D eigenvalue weighted by molar-refractivity contribution is 0.111. The van der Waals surface area contributed by atoms with Gasteiger partial charge >= 0.3 is 0 Å². The first kappa shape index (κ1) is 16.5. The lowest BCUT2D eigenvalue weighted by Crippen LogP contribution is -2.50. The third-order valence-electron chi connectivity index (χ3n) is 4.87. The highest BCUT2D eigenvalue weighted by atomic mass is 16.3. The van der Waals surface area contributed by atoms with Gasteiger partial charge in [0.15, 0.2) is 0 Å². The molecule has 3 unspecified atom stereocenters. The van der Waals surface area contributed by atoms with Crippen molar-refractivity contribution in [3.05, 3.63) is 35.9 Å². The number of nitrogens with one attached hydrogen (secondary N) is 1. The van der Waals surface area contributed by atoms with Gasteiger partial charge in [0.25, 0.3) is 0 Å². The average Bonchev–Trinajstić information content (AvgIpc) is 2.47. The molecule has 1 fully saturated rings. The molecule has 0 aromatic heterocycles. The van der Waals surface area contributed by atoms with E-state index in [0.717, 1.165) is 6.42 Å². The van der Waals surface area contributed by atoms with E-state index in [-0.39, 0.29) is 12.6 Å². The van der Waals surface area contributed by atoms with Crippen molar-refractivity contribution in [1.29, 1.82) is 0 Å². The summed E-state index contributed by atoms with van der Waals surface area (Å²) in [6, 6.07) is 11.2. The molecule has 3 atom stereocenters. The van der Waals surface area contributed by atoms with Gasteiger partial charge in [0, 0.05) is 12.1 Å². The Balaban J connectivity index is 1.99. The number of aliphatic hydroxyl groups is 1. The van der Waals surface area contributed by atoms with E-state index in [0.29, 0.717) is 17.4 Å². The molecule has 1 aromatic rings. The van der Waals surface area contributed by atoms with Crippen LogP contribution in [0.3, 0.4) is 0 Å². The van der Waals surface area contributed by atoms with Crippen LogP contribution in [0.2, 0.25) is 0 Å². The lowest BCUT2D eigenvalue weighted by atomic mass is 9.69. The van der Waals surface area contributed by atoms with Gasteiger partial charge in [-0.1, -0.05) is 63.9 Å². The van der Waals surface area contributed by atoms with E-state index in [2.05, 4.69) is 50.4 Å². The van der Waals surface area contributed by atoms with Crippen LogP contribution in [-0.2, 0) is 6.42 Å². The summed E-state index contributed by atoms with van der Waals surface area (Å²) >= 11 is 0. The van der Waals surface area contributed by atoms with Crippen LogP contribution in [-0.4, -0.2) is 23.8 Å². The minimum absolute atomic E-state index is 0.167. The zero-order chi connectivity index (χ0) is 15.3. The Morgan fingerprint density at radius 2 is 1.81 bits per heavy atom. The third kappa shape index (κ3) is 4.82. The predicted molar refractivity (Wildman–Crippen MR) is 89.4 cm³/mol. The van der Waals surface area contributed by atoms with Gasteiger partial charge in [-0.3, -0.25) is 0 Å². The van der Waals surface area contributed by atoms with Crippen LogP contribution in [0, 0.1) is 11.3 Å². The van der Waals surface area contributed by atoms with Crippen LogP contribution >= 0.6 is 0 Å². The van der Waals surface area contributed by atoms with Crippen LogP contribution in [0.4, 0.5) is 0 Å². The standard InChI is InChI=1S/C19H31NO/c1-19(2,3)17-11-7-8-12-18(17)20-16(14-21)13-15-9-5-4-6-10-15/h4-6,9-10,16-18,20-21H,7-8,11-14H2,1-3H3. The fourth-order valence-corrected chi connectivity index (χ4v) is 3.74. The number of hydrogen-bond donors (Lipinski definition) is 2. The summed E-state index contributed by atoms with van der Waals surface area (Å²) in [7, 11) is 0. The van der Waals surface area contributed by atoms with Gasteiger partial charge < -0.3 is 10.4 Å². The Morgan fingerprint density at radius 1 is 1.14 bits per heavy atom. The molecule has 21 heavy (non-hydrogen) atoms. The molecule has 1 aliphatic rings. The predicted octanol–water partition coefficient (Wildman–Crippen LogP) is 3.78. The van der Waals surface area contributed by atoms with Crippen LogP contribution in [0.5, 0.6) is 0 Å². The molecule has 0 spiro atoms. The second-order valence-electron chi connectivity index (χ2n) is 7.60. The molecule has 2 heteroatoms. The highest BCUT2D eigenvalue weighted by Crippen LogP contribution is 2.38. The zero-order valence-electron chi connectivity index (χ0n) is 13.8. The highest BCUT2D eigenvalue weighted by Gasteiger charge is 2.34. The molecule has 0 saturated heterocycles. The maximum atomic E-state index is 9.74. The first-order chi connectivity index (χ1) is 10.0. The minimum atomic E-state index is 0.167. The number of hydrogen-bond acceptors (Lipinski definition) is 2.